The van der Waals surface area contributed by atoms with Gasteiger partial charge in [-0.3, -0.25) is 9.47 Å². The van der Waals surface area contributed by atoms with Crippen molar-refractivity contribution in [3.05, 3.63) is 155 Å². The zero-order valence-corrected chi connectivity index (χ0v) is 25.1. The molecule has 1 atom stereocenters. The Morgan fingerprint density at radius 3 is 1.90 bits per heavy atom. The summed E-state index contributed by atoms with van der Waals surface area (Å²) in [6.07, 6.45) is 9.19. The number of benzene rings is 3. The third-order valence-electron chi connectivity index (χ3n) is 8.60. The number of nitrogens with zero attached hydrogens (tertiary/aromatic N) is 3. The summed E-state index contributed by atoms with van der Waals surface area (Å²) in [5.41, 5.74) is 6.62. The predicted molar refractivity (Wildman–Crippen MR) is 170 cm³/mol. The maximum atomic E-state index is 5.99. The van der Waals surface area contributed by atoms with Gasteiger partial charge in [0.15, 0.2) is 5.88 Å². The van der Waals surface area contributed by atoms with Crippen molar-refractivity contribution < 1.29 is 9.47 Å². The van der Waals surface area contributed by atoms with Gasteiger partial charge < -0.3 is 9.47 Å². The van der Waals surface area contributed by atoms with Crippen LogP contribution in [0, 0.1) is 0 Å². The van der Waals surface area contributed by atoms with Crippen LogP contribution in [0.25, 0.3) is 5.70 Å². The molecular weight excluding hydrogens is 538 g/mol. The van der Waals surface area contributed by atoms with Crippen LogP contribution in [0.4, 0.5) is 5.95 Å². The minimum absolute atomic E-state index is 0.454. The van der Waals surface area contributed by atoms with E-state index in [2.05, 4.69) is 126 Å². The Morgan fingerprint density at radius 1 is 0.810 bits per heavy atom. The standard InChI is InChI=1S/C36H33N3O2S/c1-25-23-35-22-14-21-30(40-3)39(35)34-37-24-31(38(34)33(35)26(2)32(25)41-4)42-36(27-15-8-5-9-16-27,28-17-10-6-11-18-28)29-19-12-7-13-20-29/h5-22,24H,23H2,1-4H3. The van der Waals surface area contributed by atoms with Crippen LogP contribution in [-0.2, 0) is 14.2 Å². The van der Waals surface area contributed by atoms with Crippen LogP contribution < -0.4 is 4.90 Å². The number of hydrogen-bond donors (Lipinski definition) is 0. The van der Waals surface area contributed by atoms with Crippen LogP contribution in [-0.4, -0.2) is 29.3 Å². The Bertz CT molecular complexity index is 1670. The number of allylic oxidation sites excluding steroid dienone is 3. The first-order valence-corrected chi connectivity index (χ1v) is 15.0. The van der Waals surface area contributed by atoms with Crippen molar-refractivity contribution in [1.82, 2.24) is 9.55 Å². The number of imidazole rings is 1. The Kier molecular flexibility index (Phi) is 6.39. The number of methoxy groups -OCH3 is 2. The summed E-state index contributed by atoms with van der Waals surface area (Å²) in [5, 5.41) is 1.04. The third kappa shape index (κ3) is 3.68. The molecule has 7 rings (SSSR count). The SMILES string of the molecule is COC1=CC=CC23CC(C)=C(OC)C(C)=C2n2c(SC(c4ccccc4)(c4ccccc4)c4ccccc4)cnc2N13. The number of hydrogen-bond acceptors (Lipinski definition) is 5. The van der Waals surface area contributed by atoms with Gasteiger partial charge in [0, 0.05) is 12.0 Å². The van der Waals surface area contributed by atoms with Crippen molar-refractivity contribution in [2.45, 2.75) is 35.6 Å². The Hall–Kier alpha value is -4.42. The molecule has 3 aliphatic rings. The molecule has 0 bridgehead atoms. The van der Waals surface area contributed by atoms with Crippen molar-refractivity contribution >= 4 is 23.4 Å². The molecule has 0 radical (unpaired) electrons. The molecule has 0 N–H and O–H groups in total. The second-order valence-electron chi connectivity index (χ2n) is 10.9. The topological polar surface area (TPSA) is 39.5 Å². The normalized spacial score (nSPS) is 19.3. The maximum Gasteiger partial charge on any atom is 0.219 e. The summed E-state index contributed by atoms with van der Waals surface area (Å²) >= 11 is 1.82. The van der Waals surface area contributed by atoms with Crippen LogP contribution in [0.3, 0.4) is 0 Å². The Morgan fingerprint density at radius 2 is 1.38 bits per heavy atom. The largest absolute Gasteiger partial charge is 0.496 e. The van der Waals surface area contributed by atoms with Gasteiger partial charge in [-0.15, -0.1) is 0 Å². The van der Waals surface area contributed by atoms with Gasteiger partial charge in [-0.25, -0.2) is 4.98 Å². The molecule has 4 aromatic rings. The fraction of sp³-hybridized carbons (Fsp3) is 0.194. The van der Waals surface area contributed by atoms with Crippen molar-refractivity contribution in [2.75, 3.05) is 19.1 Å². The number of aromatic nitrogens is 2. The monoisotopic (exact) mass is 571 g/mol. The van der Waals surface area contributed by atoms with Gasteiger partial charge in [-0.2, -0.15) is 0 Å². The number of ether oxygens (including phenoxy) is 2. The van der Waals surface area contributed by atoms with Crippen LogP contribution in [0.2, 0.25) is 0 Å². The van der Waals surface area contributed by atoms with Crippen LogP contribution >= 0.6 is 11.8 Å². The highest BCUT2D eigenvalue weighted by atomic mass is 32.2. The van der Waals surface area contributed by atoms with E-state index in [0.717, 1.165) is 40.3 Å². The molecule has 2 aliphatic heterocycles. The van der Waals surface area contributed by atoms with Crippen LogP contribution in [0.5, 0.6) is 0 Å². The van der Waals surface area contributed by atoms with E-state index in [-0.39, 0.29) is 0 Å². The van der Waals surface area contributed by atoms with E-state index in [0.29, 0.717) is 0 Å². The number of rotatable bonds is 7. The maximum absolute atomic E-state index is 5.99. The van der Waals surface area contributed by atoms with Crippen LogP contribution in [0.15, 0.2) is 143 Å². The second-order valence-corrected chi connectivity index (χ2v) is 12.1. The predicted octanol–water partition coefficient (Wildman–Crippen LogP) is 8.14. The molecule has 3 aromatic carbocycles. The smallest absolute Gasteiger partial charge is 0.219 e. The summed E-state index contributed by atoms with van der Waals surface area (Å²) in [6, 6.07) is 32.4. The Balaban J connectivity index is 1.51. The number of anilines is 1. The second kappa shape index (κ2) is 10.1. The third-order valence-corrected chi connectivity index (χ3v) is 10.1. The van der Waals surface area contributed by atoms with Crippen LogP contribution in [0.1, 0.15) is 37.0 Å². The fourth-order valence-corrected chi connectivity index (χ4v) is 8.47. The van der Waals surface area contributed by atoms with Crippen molar-refractivity contribution in [3.8, 4) is 0 Å². The van der Waals surface area contributed by atoms with Gasteiger partial charge in [0.05, 0.1) is 30.9 Å². The number of fused-ring (bicyclic) bond motifs is 3. The summed E-state index contributed by atoms with van der Waals surface area (Å²) < 4.78 is 13.7. The summed E-state index contributed by atoms with van der Waals surface area (Å²) in [5.74, 6) is 2.56. The molecule has 1 aromatic heterocycles. The quantitative estimate of drug-likeness (QED) is 0.165. The highest BCUT2D eigenvalue weighted by Crippen LogP contribution is 2.58. The zero-order chi connectivity index (χ0) is 28.9. The van der Waals surface area contributed by atoms with E-state index < -0.39 is 10.3 Å². The molecule has 5 nitrogen and oxygen atoms in total. The lowest BCUT2D eigenvalue weighted by atomic mass is 9.78. The van der Waals surface area contributed by atoms with Crippen molar-refractivity contribution in [2.24, 2.45) is 0 Å². The molecule has 3 heterocycles. The van der Waals surface area contributed by atoms with E-state index >= 15 is 0 Å². The fourth-order valence-electron chi connectivity index (χ4n) is 7.02. The zero-order valence-electron chi connectivity index (χ0n) is 24.2. The van der Waals surface area contributed by atoms with Gasteiger partial charge in [0.1, 0.15) is 16.3 Å². The van der Waals surface area contributed by atoms with Crippen molar-refractivity contribution in [1.29, 1.82) is 0 Å². The molecule has 0 amide bonds. The van der Waals surface area contributed by atoms with E-state index in [4.69, 9.17) is 14.5 Å². The van der Waals surface area contributed by atoms with E-state index in [1.165, 1.54) is 22.3 Å². The van der Waals surface area contributed by atoms with Gasteiger partial charge in [-0.1, -0.05) is 115 Å². The minimum Gasteiger partial charge on any atom is -0.496 e. The molecule has 0 fully saturated rings. The summed E-state index contributed by atoms with van der Waals surface area (Å²) in [6.45, 7) is 4.32. The molecule has 0 saturated heterocycles. The van der Waals surface area contributed by atoms with Crippen molar-refractivity contribution in [3.63, 3.8) is 0 Å². The molecule has 1 aliphatic carbocycles. The van der Waals surface area contributed by atoms with E-state index in [1.807, 2.05) is 24.0 Å². The average molecular weight is 572 g/mol. The first-order chi connectivity index (χ1) is 20.5. The lowest BCUT2D eigenvalue weighted by molar-refractivity contribution is 0.262. The summed E-state index contributed by atoms with van der Waals surface area (Å²) in [4.78, 5) is 7.34. The molecule has 1 spiro atoms. The average Bonchev–Trinajstić information content (AvgIpc) is 3.56. The molecule has 6 heteroatoms. The Labute approximate surface area is 251 Å². The van der Waals surface area contributed by atoms with Gasteiger partial charge in [-0.05, 0) is 42.2 Å². The van der Waals surface area contributed by atoms with Gasteiger partial charge >= 0.3 is 0 Å². The molecule has 42 heavy (non-hydrogen) atoms. The van der Waals surface area contributed by atoms with Gasteiger partial charge in [0.2, 0.25) is 5.95 Å². The van der Waals surface area contributed by atoms with E-state index in [9.17, 15) is 0 Å². The first kappa shape index (κ1) is 26.5. The summed E-state index contributed by atoms with van der Waals surface area (Å²) in [7, 11) is 3.49. The minimum atomic E-state index is -0.536. The van der Waals surface area contributed by atoms with Gasteiger partial charge in [0.25, 0.3) is 0 Å². The molecular formula is C36H33N3O2S. The highest BCUT2D eigenvalue weighted by molar-refractivity contribution is 8.00. The molecule has 1 unspecified atom stereocenters. The van der Waals surface area contributed by atoms with E-state index in [1.54, 1.807) is 14.2 Å². The molecule has 210 valence electrons. The highest BCUT2D eigenvalue weighted by Gasteiger charge is 2.55. The lowest BCUT2D eigenvalue weighted by Crippen LogP contribution is -2.48. The lowest BCUT2D eigenvalue weighted by Gasteiger charge is -2.42. The first-order valence-electron chi connectivity index (χ1n) is 14.2. The number of thioether (sulfide) groups is 1. The molecule has 0 saturated carbocycles.